The summed E-state index contributed by atoms with van der Waals surface area (Å²) in [5, 5.41) is 9.17. The van der Waals surface area contributed by atoms with Crippen LogP contribution in [0, 0.1) is 18.3 Å². The zero-order valence-corrected chi connectivity index (χ0v) is 10.4. The van der Waals surface area contributed by atoms with E-state index >= 15 is 0 Å². The molecule has 0 bridgehead atoms. The van der Waals surface area contributed by atoms with E-state index in [0.717, 1.165) is 11.1 Å². The van der Waals surface area contributed by atoms with Gasteiger partial charge in [-0.2, -0.15) is 5.26 Å². The van der Waals surface area contributed by atoms with Crippen molar-refractivity contribution in [3.8, 4) is 11.8 Å². The van der Waals surface area contributed by atoms with Crippen molar-refractivity contribution in [2.75, 3.05) is 0 Å². The number of benzene rings is 2. The fraction of sp³-hybridized carbons (Fsp3) is 0.125. The fourth-order valence-corrected chi connectivity index (χ4v) is 2.34. The number of aryl methyl sites for hydroxylation is 1. The molecule has 0 aliphatic carbocycles. The van der Waals surface area contributed by atoms with E-state index in [2.05, 4.69) is 6.07 Å². The smallest absolute Gasteiger partial charge is 0.197 e. The highest BCUT2D eigenvalue weighted by Crippen LogP contribution is 2.32. The summed E-state index contributed by atoms with van der Waals surface area (Å²) in [6.07, 6.45) is 0. The van der Waals surface area contributed by atoms with E-state index in [4.69, 9.17) is 4.74 Å². The number of fused-ring (bicyclic) bond motifs is 2. The second kappa shape index (κ2) is 4.25. The lowest BCUT2D eigenvalue weighted by Gasteiger charge is -2.09. The standard InChI is InChI=1S/C16H11NO2/c1-10-6-12(8-17)16-14(7-10)15(18)13-5-3-2-4-11(13)9-19-16/h2-7H,9H2,1H3. The molecule has 0 saturated heterocycles. The number of hydrogen-bond acceptors (Lipinski definition) is 3. The van der Waals surface area contributed by atoms with Crippen LogP contribution in [0.15, 0.2) is 36.4 Å². The van der Waals surface area contributed by atoms with Crippen LogP contribution in [-0.4, -0.2) is 5.78 Å². The molecule has 1 aliphatic rings. The van der Waals surface area contributed by atoms with Gasteiger partial charge in [-0.1, -0.05) is 24.3 Å². The Bertz CT molecular complexity index is 726. The van der Waals surface area contributed by atoms with E-state index in [1.807, 2.05) is 25.1 Å². The number of carbonyl (C=O) groups is 1. The van der Waals surface area contributed by atoms with Gasteiger partial charge in [0.15, 0.2) is 5.78 Å². The van der Waals surface area contributed by atoms with Gasteiger partial charge in [0.25, 0.3) is 0 Å². The van der Waals surface area contributed by atoms with Crippen LogP contribution < -0.4 is 4.74 Å². The Kier molecular flexibility index (Phi) is 2.57. The lowest BCUT2D eigenvalue weighted by atomic mass is 9.96. The van der Waals surface area contributed by atoms with Crippen molar-refractivity contribution >= 4 is 5.78 Å². The number of rotatable bonds is 0. The Morgan fingerprint density at radius 1 is 1.21 bits per heavy atom. The first-order chi connectivity index (χ1) is 9.20. The van der Waals surface area contributed by atoms with Crippen molar-refractivity contribution in [2.24, 2.45) is 0 Å². The predicted molar refractivity (Wildman–Crippen MR) is 70.1 cm³/mol. The Hall–Kier alpha value is -2.60. The van der Waals surface area contributed by atoms with E-state index in [0.29, 0.717) is 29.0 Å². The third kappa shape index (κ3) is 1.78. The van der Waals surface area contributed by atoms with Crippen LogP contribution in [0.5, 0.6) is 5.75 Å². The maximum Gasteiger partial charge on any atom is 0.197 e. The molecular formula is C16H11NO2. The molecule has 1 heterocycles. The molecule has 0 amide bonds. The Labute approximate surface area is 111 Å². The molecule has 0 fully saturated rings. The molecule has 0 aromatic heterocycles. The summed E-state index contributed by atoms with van der Waals surface area (Å²) in [5.74, 6) is 0.317. The van der Waals surface area contributed by atoms with Crippen LogP contribution in [0.1, 0.15) is 32.6 Å². The van der Waals surface area contributed by atoms with Gasteiger partial charge in [-0.25, -0.2) is 0 Å². The van der Waals surface area contributed by atoms with Crippen molar-refractivity contribution in [2.45, 2.75) is 13.5 Å². The van der Waals surface area contributed by atoms with Crippen LogP contribution in [0.3, 0.4) is 0 Å². The van der Waals surface area contributed by atoms with Gasteiger partial charge >= 0.3 is 0 Å². The van der Waals surface area contributed by atoms with Crippen molar-refractivity contribution in [3.05, 3.63) is 64.2 Å². The van der Waals surface area contributed by atoms with Gasteiger partial charge in [0.1, 0.15) is 18.4 Å². The highest BCUT2D eigenvalue weighted by Gasteiger charge is 2.24. The van der Waals surface area contributed by atoms with Gasteiger partial charge in [-0.3, -0.25) is 4.79 Å². The highest BCUT2D eigenvalue weighted by molar-refractivity contribution is 6.12. The largest absolute Gasteiger partial charge is 0.487 e. The topological polar surface area (TPSA) is 50.1 Å². The summed E-state index contributed by atoms with van der Waals surface area (Å²) in [4.78, 5) is 12.6. The molecule has 0 atom stereocenters. The van der Waals surface area contributed by atoms with E-state index in [9.17, 15) is 10.1 Å². The molecule has 0 radical (unpaired) electrons. The molecule has 0 N–H and O–H groups in total. The first-order valence-corrected chi connectivity index (χ1v) is 6.01. The monoisotopic (exact) mass is 249 g/mol. The summed E-state index contributed by atoms with van der Waals surface area (Å²) in [6.45, 7) is 2.18. The Morgan fingerprint density at radius 3 is 2.79 bits per heavy atom. The zero-order valence-electron chi connectivity index (χ0n) is 10.4. The Morgan fingerprint density at radius 2 is 2.00 bits per heavy atom. The van der Waals surface area contributed by atoms with Crippen LogP contribution in [0.2, 0.25) is 0 Å². The molecule has 3 heteroatoms. The number of carbonyl (C=O) groups excluding carboxylic acids is 1. The quantitative estimate of drug-likeness (QED) is 0.721. The third-order valence-corrected chi connectivity index (χ3v) is 3.23. The van der Waals surface area contributed by atoms with Gasteiger partial charge in [-0.15, -0.1) is 0 Å². The summed E-state index contributed by atoms with van der Waals surface area (Å²) in [5.41, 5.74) is 3.27. The van der Waals surface area contributed by atoms with Crippen molar-refractivity contribution in [1.29, 1.82) is 5.26 Å². The minimum Gasteiger partial charge on any atom is -0.487 e. The van der Waals surface area contributed by atoms with Crippen molar-refractivity contribution in [3.63, 3.8) is 0 Å². The number of nitrogens with zero attached hydrogens (tertiary/aromatic N) is 1. The minimum absolute atomic E-state index is 0.0803. The van der Waals surface area contributed by atoms with Crippen LogP contribution in [0.4, 0.5) is 0 Å². The molecular weight excluding hydrogens is 238 g/mol. The second-order valence-electron chi connectivity index (χ2n) is 4.58. The lowest BCUT2D eigenvalue weighted by Crippen LogP contribution is -2.03. The van der Waals surface area contributed by atoms with Crippen molar-refractivity contribution < 1.29 is 9.53 Å². The van der Waals surface area contributed by atoms with Gasteiger partial charge < -0.3 is 4.74 Å². The van der Waals surface area contributed by atoms with E-state index < -0.39 is 0 Å². The summed E-state index contributed by atoms with van der Waals surface area (Å²) >= 11 is 0. The molecule has 0 spiro atoms. The molecule has 0 saturated carbocycles. The van der Waals surface area contributed by atoms with E-state index in [-0.39, 0.29) is 5.78 Å². The minimum atomic E-state index is -0.0803. The van der Waals surface area contributed by atoms with Crippen molar-refractivity contribution in [1.82, 2.24) is 0 Å². The number of nitriles is 1. The Balaban J connectivity index is 2.27. The zero-order chi connectivity index (χ0) is 13.4. The summed E-state index contributed by atoms with van der Waals surface area (Å²) < 4.78 is 5.68. The molecule has 92 valence electrons. The number of ether oxygens (including phenoxy) is 1. The van der Waals surface area contributed by atoms with Crippen LogP contribution in [0.25, 0.3) is 0 Å². The fourth-order valence-electron chi connectivity index (χ4n) is 2.34. The highest BCUT2D eigenvalue weighted by atomic mass is 16.5. The average Bonchev–Trinajstić information content (AvgIpc) is 2.57. The van der Waals surface area contributed by atoms with Gasteiger partial charge in [0.05, 0.1) is 11.1 Å². The predicted octanol–water partition coefficient (Wildman–Crippen LogP) is 2.99. The molecule has 3 nitrogen and oxygen atoms in total. The summed E-state index contributed by atoms with van der Waals surface area (Å²) in [6, 6.07) is 13.0. The SMILES string of the molecule is Cc1cc(C#N)c2c(c1)C(=O)c1ccccc1CO2. The molecule has 2 aromatic carbocycles. The maximum atomic E-state index is 12.6. The van der Waals surface area contributed by atoms with Gasteiger partial charge in [0, 0.05) is 11.1 Å². The third-order valence-electron chi connectivity index (χ3n) is 3.23. The molecule has 3 rings (SSSR count). The first kappa shape index (κ1) is 11.5. The van der Waals surface area contributed by atoms with E-state index in [1.54, 1.807) is 18.2 Å². The van der Waals surface area contributed by atoms with Gasteiger partial charge in [0.2, 0.25) is 0 Å². The molecule has 1 aliphatic heterocycles. The number of hydrogen-bond donors (Lipinski definition) is 0. The van der Waals surface area contributed by atoms with Crippen LogP contribution >= 0.6 is 0 Å². The van der Waals surface area contributed by atoms with E-state index in [1.165, 1.54) is 0 Å². The molecule has 2 aromatic rings. The van der Waals surface area contributed by atoms with Crippen LogP contribution in [-0.2, 0) is 6.61 Å². The van der Waals surface area contributed by atoms with Gasteiger partial charge in [-0.05, 0) is 24.6 Å². The lowest BCUT2D eigenvalue weighted by molar-refractivity contribution is 0.103. The molecule has 0 unspecified atom stereocenters. The number of ketones is 1. The molecule has 19 heavy (non-hydrogen) atoms. The second-order valence-corrected chi connectivity index (χ2v) is 4.58. The first-order valence-electron chi connectivity index (χ1n) is 6.01. The summed E-state index contributed by atoms with van der Waals surface area (Å²) in [7, 11) is 0. The normalized spacial score (nSPS) is 12.7. The average molecular weight is 249 g/mol. The maximum absolute atomic E-state index is 12.6.